The minimum absolute atomic E-state index is 0.300. The molecule has 4 nitrogen and oxygen atoms in total. The monoisotopic (exact) mass is 339 g/mol. The van der Waals surface area contributed by atoms with E-state index in [2.05, 4.69) is 15.2 Å². The molecule has 0 radical (unpaired) electrons. The summed E-state index contributed by atoms with van der Waals surface area (Å²) < 4.78 is 5.15. The summed E-state index contributed by atoms with van der Waals surface area (Å²) in [5.74, 6) is 1.62. The summed E-state index contributed by atoms with van der Waals surface area (Å²) >= 11 is 13.5. The Kier molecular flexibility index (Phi) is 3.17. The summed E-state index contributed by atoms with van der Waals surface area (Å²) in [6, 6.07) is 8.01. The van der Waals surface area contributed by atoms with Crippen molar-refractivity contribution in [3.8, 4) is 11.5 Å². The van der Waals surface area contributed by atoms with Gasteiger partial charge in [-0.1, -0.05) is 30.0 Å². The van der Waals surface area contributed by atoms with Gasteiger partial charge in [-0.25, -0.2) is 0 Å². The van der Waals surface area contributed by atoms with Crippen LogP contribution in [0.2, 0.25) is 0 Å². The van der Waals surface area contributed by atoms with Crippen LogP contribution in [0, 0.1) is 5.92 Å². The first kappa shape index (κ1) is 13.5. The van der Waals surface area contributed by atoms with E-state index < -0.39 is 4.33 Å². The second-order valence-corrected chi connectivity index (χ2v) is 7.61. The molecule has 1 saturated carbocycles. The van der Waals surface area contributed by atoms with Crippen LogP contribution in [0.1, 0.15) is 6.42 Å². The van der Waals surface area contributed by atoms with Crippen LogP contribution in [0.25, 0.3) is 22.4 Å². The molecule has 4 rings (SSSR count). The number of nitrogens with zero attached hydrogens (tertiary/aromatic N) is 2. The average Bonchev–Trinajstić information content (AvgIpc) is 2.90. The Bertz CT molecular complexity index is 798. The Labute approximate surface area is 135 Å². The first-order chi connectivity index (χ1) is 10.1. The maximum absolute atomic E-state index is 6.01. The number of thioether (sulfide) groups is 1. The maximum atomic E-state index is 6.01. The van der Waals surface area contributed by atoms with Gasteiger partial charge in [0.05, 0.1) is 5.56 Å². The number of alkyl halides is 2. The van der Waals surface area contributed by atoms with Crippen molar-refractivity contribution in [2.24, 2.45) is 5.92 Å². The highest BCUT2D eigenvalue weighted by Crippen LogP contribution is 2.54. The molecule has 7 heteroatoms. The van der Waals surface area contributed by atoms with Gasteiger partial charge in [0.2, 0.25) is 0 Å². The summed E-state index contributed by atoms with van der Waals surface area (Å²) in [5.41, 5.74) is 1.97. The molecule has 1 N–H and O–H groups in total. The molecule has 3 aromatic rings. The zero-order chi connectivity index (χ0) is 14.4. The Hall–Kier alpha value is -1.17. The smallest absolute Gasteiger partial charge is 0.276 e. The quantitative estimate of drug-likeness (QED) is 0.561. The van der Waals surface area contributed by atoms with Crippen molar-refractivity contribution in [2.75, 3.05) is 5.75 Å². The van der Waals surface area contributed by atoms with Crippen molar-refractivity contribution in [3.63, 3.8) is 0 Å². The molecule has 0 bridgehead atoms. The fourth-order valence-corrected chi connectivity index (χ4v) is 3.94. The maximum Gasteiger partial charge on any atom is 0.276 e. The van der Waals surface area contributed by atoms with Gasteiger partial charge < -0.3 is 9.40 Å². The van der Waals surface area contributed by atoms with Crippen LogP contribution in [0.4, 0.5) is 0 Å². The third-order valence-corrected chi connectivity index (χ3v) is 5.50. The van der Waals surface area contributed by atoms with Crippen LogP contribution in [0.15, 0.2) is 40.1 Å². The molecule has 108 valence electrons. The number of aromatic amines is 1. The number of aromatic nitrogens is 3. The van der Waals surface area contributed by atoms with Gasteiger partial charge in [0, 0.05) is 28.8 Å². The summed E-state index contributed by atoms with van der Waals surface area (Å²) in [4.78, 5) is 3.20. The van der Waals surface area contributed by atoms with Crippen molar-refractivity contribution in [3.05, 3.63) is 30.5 Å². The number of para-hydroxylation sites is 1. The third-order valence-electron chi connectivity index (χ3n) is 3.59. The second-order valence-electron chi connectivity index (χ2n) is 5.09. The highest BCUT2D eigenvalue weighted by Gasteiger charge is 2.51. The molecule has 21 heavy (non-hydrogen) atoms. The summed E-state index contributed by atoms with van der Waals surface area (Å²) in [7, 11) is 0. The average molecular weight is 340 g/mol. The number of fused-ring (bicyclic) bond motifs is 1. The van der Waals surface area contributed by atoms with Crippen LogP contribution in [0.3, 0.4) is 0 Å². The molecule has 2 aromatic heterocycles. The third kappa shape index (κ3) is 2.54. The van der Waals surface area contributed by atoms with E-state index in [0.29, 0.717) is 17.0 Å². The van der Waals surface area contributed by atoms with Gasteiger partial charge in [0.15, 0.2) is 0 Å². The standard InChI is InChI=1S/C14H11Cl2N3OS/c15-14(16)5-8(14)7-21-13-19-18-12(20-13)10-6-17-11-4-2-1-3-9(10)11/h1-4,6,8,17H,5,7H2/t8-/m0/s1. The number of benzene rings is 1. The van der Waals surface area contributed by atoms with Gasteiger partial charge in [-0.15, -0.1) is 33.4 Å². The van der Waals surface area contributed by atoms with E-state index >= 15 is 0 Å². The van der Waals surface area contributed by atoms with Crippen LogP contribution < -0.4 is 0 Å². The van der Waals surface area contributed by atoms with Crippen LogP contribution in [-0.2, 0) is 0 Å². The molecular weight excluding hydrogens is 329 g/mol. The lowest BCUT2D eigenvalue weighted by atomic mass is 10.2. The molecule has 0 saturated heterocycles. The predicted octanol–water partition coefficient (Wildman–Crippen LogP) is 4.50. The topological polar surface area (TPSA) is 54.7 Å². The van der Waals surface area contributed by atoms with Crippen LogP contribution >= 0.6 is 35.0 Å². The minimum atomic E-state index is -0.563. The van der Waals surface area contributed by atoms with Gasteiger partial charge in [0.25, 0.3) is 11.1 Å². The second kappa shape index (κ2) is 4.93. The molecule has 0 unspecified atom stereocenters. The highest BCUT2D eigenvalue weighted by atomic mass is 35.5. The molecule has 0 aliphatic heterocycles. The molecule has 1 aliphatic rings. The molecule has 1 atom stereocenters. The van der Waals surface area contributed by atoms with E-state index in [1.807, 2.05) is 30.5 Å². The minimum Gasteiger partial charge on any atom is -0.411 e. The van der Waals surface area contributed by atoms with Crippen molar-refractivity contribution >= 4 is 45.9 Å². The van der Waals surface area contributed by atoms with E-state index in [1.54, 1.807) is 0 Å². The number of rotatable bonds is 4. The predicted molar refractivity (Wildman–Crippen MR) is 84.9 cm³/mol. The van der Waals surface area contributed by atoms with E-state index in [0.717, 1.165) is 28.6 Å². The molecule has 1 aromatic carbocycles. The van der Waals surface area contributed by atoms with Gasteiger partial charge in [0.1, 0.15) is 4.33 Å². The zero-order valence-corrected chi connectivity index (χ0v) is 13.2. The van der Waals surface area contributed by atoms with Crippen LogP contribution in [-0.4, -0.2) is 25.3 Å². The Morgan fingerprint density at radius 1 is 1.33 bits per heavy atom. The fourth-order valence-electron chi connectivity index (χ4n) is 2.25. The number of H-pyrrole nitrogens is 1. The van der Waals surface area contributed by atoms with E-state index in [1.165, 1.54) is 11.8 Å². The number of halogens is 2. The van der Waals surface area contributed by atoms with Gasteiger partial charge >= 0.3 is 0 Å². The first-order valence-corrected chi connectivity index (χ1v) is 8.28. The molecule has 0 amide bonds. The zero-order valence-electron chi connectivity index (χ0n) is 10.8. The summed E-state index contributed by atoms with van der Waals surface area (Å²) in [6.07, 6.45) is 2.71. The summed E-state index contributed by atoms with van der Waals surface area (Å²) in [6.45, 7) is 0. The largest absolute Gasteiger partial charge is 0.411 e. The molecule has 1 fully saturated rings. The van der Waals surface area contributed by atoms with Crippen molar-refractivity contribution in [1.82, 2.24) is 15.2 Å². The van der Waals surface area contributed by atoms with Gasteiger partial charge in [-0.2, -0.15) is 0 Å². The molecule has 0 spiro atoms. The lowest BCUT2D eigenvalue weighted by molar-refractivity contribution is 0.466. The van der Waals surface area contributed by atoms with Gasteiger partial charge in [-0.05, 0) is 12.5 Å². The van der Waals surface area contributed by atoms with Gasteiger partial charge in [-0.3, -0.25) is 0 Å². The Morgan fingerprint density at radius 2 is 2.14 bits per heavy atom. The lowest BCUT2D eigenvalue weighted by Gasteiger charge is -1.96. The van der Waals surface area contributed by atoms with Crippen molar-refractivity contribution < 1.29 is 4.42 Å². The van der Waals surface area contributed by atoms with Crippen LogP contribution in [0.5, 0.6) is 0 Å². The van der Waals surface area contributed by atoms with E-state index in [-0.39, 0.29) is 0 Å². The van der Waals surface area contributed by atoms with E-state index in [4.69, 9.17) is 27.6 Å². The number of nitrogens with one attached hydrogen (secondary N) is 1. The molecule has 1 aliphatic carbocycles. The normalized spacial score (nSPS) is 20.0. The van der Waals surface area contributed by atoms with E-state index in [9.17, 15) is 0 Å². The molecular formula is C14H11Cl2N3OS. The fraction of sp³-hybridized carbons (Fsp3) is 0.286. The van der Waals surface area contributed by atoms with Crippen molar-refractivity contribution in [2.45, 2.75) is 16.0 Å². The Morgan fingerprint density at radius 3 is 2.95 bits per heavy atom. The number of hydrogen-bond donors (Lipinski definition) is 1. The lowest BCUT2D eigenvalue weighted by Crippen LogP contribution is -1.92. The number of hydrogen-bond acceptors (Lipinski definition) is 4. The SMILES string of the molecule is ClC1(Cl)C[C@H]1CSc1nnc(-c2c[nH]c3ccccc23)o1. The first-order valence-electron chi connectivity index (χ1n) is 6.54. The highest BCUT2D eigenvalue weighted by molar-refractivity contribution is 7.99. The van der Waals surface area contributed by atoms with Crippen molar-refractivity contribution in [1.29, 1.82) is 0 Å². The summed E-state index contributed by atoms with van der Waals surface area (Å²) in [5, 5.41) is 9.81. The molecule has 2 heterocycles. The Balaban J connectivity index is 1.54.